The van der Waals surface area contributed by atoms with E-state index in [0.717, 1.165) is 35.6 Å². The van der Waals surface area contributed by atoms with Gasteiger partial charge in [-0.15, -0.1) is 11.3 Å². The van der Waals surface area contributed by atoms with Gasteiger partial charge in [0.05, 0.1) is 19.7 Å². The lowest BCUT2D eigenvalue weighted by Gasteiger charge is -2.05. The maximum atomic E-state index is 12.4. The molecule has 10 heteroatoms. The van der Waals surface area contributed by atoms with Crippen LogP contribution in [-0.2, 0) is 14.6 Å². The second-order valence-electron chi connectivity index (χ2n) is 4.43. The van der Waals surface area contributed by atoms with Crippen molar-refractivity contribution in [3.05, 3.63) is 51.2 Å². The van der Waals surface area contributed by atoms with Gasteiger partial charge in [-0.2, -0.15) is 8.78 Å². The Morgan fingerprint density at radius 1 is 1.12 bits per heavy atom. The number of hydrogen-bond donors (Lipinski definition) is 0. The number of alkyl halides is 2. The summed E-state index contributed by atoms with van der Waals surface area (Å²) in [7, 11) is -4.73. The number of esters is 1. The Morgan fingerprint density at radius 2 is 1.75 bits per heavy atom. The fourth-order valence-electron chi connectivity index (χ4n) is 1.63. The summed E-state index contributed by atoms with van der Waals surface area (Å²) in [4.78, 5) is 23.3. The van der Waals surface area contributed by atoms with Crippen molar-refractivity contribution in [2.45, 2.75) is 10.7 Å². The first-order valence-corrected chi connectivity index (χ1v) is 9.03. The molecule has 0 saturated heterocycles. The Labute approximate surface area is 144 Å². The lowest BCUT2D eigenvalue weighted by Crippen LogP contribution is -2.14. The van der Waals surface area contributed by atoms with Crippen molar-refractivity contribution in [2.75, 3.05) is 6.61 Å². The fourth-order valence-corrected chi connectivity index (χ4v) is 3.32. The molecule has 0 unspecified atom stereocenters. The van der Waals surface area contributed by atoms with Gasteiger partial charge in [0.1, 0.15) is 0 Å². The van der Waals surface area contributed by atoms with Gasteiger partial charge in [0.25, 0.3) is 0 Å². The second-order valence-corrected chi connectivity index (χ2v) is 8.07. The molecule has 1 aromatic heterocycles. The third-order valence-corrected chi connectivity index (χ3v) is 5.51. The van der Waals surface area contributed by atoms with Crippen molar-refractivity contribution in [3.8, 4) is 0 Å². The zero-order chi connectivity index (χ0) is 17.9. The fraction of sp³-hybridized carbons (Fsp3) is 0.143. The van der Waals surface area contributed by atoms with Gasteiger partial charge in [0.15, 0.2) is 6.61 Å². The molecular formula is C14H9ClF2O5S2. The van der Waals surface area contributed by atoms with Gasteiger partial charge in [-0.1, -0.05) is 11.6 Å². The average molecular weight is 395 g/mol. The van der Waals surface area contributed by atoms with Crippen molar-refractivity contribution in [2.24, 2.45) is 0 Å². The molecule has 1 heterocycles. The number of sulfone groups is 1. The minimum absolute atomic E-state index is 0.0692. The first-order chi connectivity index (χ1) is 11.2. The van der Waals surface area contributed by atoms with Crippen LogP contribution in [0, 0.1) is 0 Å². The van der Waals surface area contributed by atoms with E-state index in [4.69, 9.17) is 16.3 Å². The van der Waals surface area contributed by atoms with Crippen molar-refractivity contribution >= 4 is 44.5 Å². The zero-order valence-electron chi connectivity index (χ0n) is 11.7. The van der Waals surface area contributed by atoms with Crippen LogP contribution in [0.25, 0.3) is 0 Å². The molecule has 0 atom stereocenters. The summed E-state index contributed by atoms with van der Waals surface area (Å²) in [5.41, 5.74) is -0.0692. The minimum Gasteiger partial charge on any atom is -0.454 e. The Morgan fingerprint density at radius 3 is 2.25 bits per heavy atom. The number of rotatable bonds is 6. The van der Waals surface area contributed by atoms with Crippen LogP contribution >= 0.6 is 22.9 Å². The van der Waals surface area contributed by atoms with E-state index in [1.54, 1.807) is 0 Å². The molecule has 128 valence electrons. The van der Waals surface area contributed by atoms with Crippen LogP contribution in [0.15, 0.2) is 41.3 Å². The Balaban J connectivity index is 2.02. The highest BCUT2D eigenvalue weighted by Gasteiger charge is 2.26. The van der Waals surface area contributed by atoms with E-state index in [1.165, 1.54) is 12.1 Å². The third-order valence-electron chi connectivity index (χ3n) is 2.84. The average Bonchev–Trinajstić information content (AvgIpc) is 2.98. The van der Waals surface area contributed by atoms with Gasteiger partial charge in [0, 0.05) is 0 Å². The predicted molar refractivity (Wildman–Crippen MR) is 83.6 cm³/mol. The van der Waals surface area contributed by atoms with Crippen molar-refractivity contribution < 1.29 is 31.5 Å². The predicted octanol–water partition coefficient (Wildman–Crippen LogP) is 3.44. The van der Waals surface area contributed by atoms with E-state index >= 15 is 0 Å². The summed E-state index contributed by atoms with van der Waals surface area (Å²) in [6, 6.07) is 6.84. The summed E-state index contributed by atoms with van der Waals surface area (Å²) < 4.78 is 52.6. The van der Waals surface area contributed by atoms with E-state index < -0.39 is 38.8 Å². The number of ether oxygens (including phenoxy) is 1. The molecule has 0 aliphatic heterocycles. The summed E-state index contributed by atoms with van der Waals surface area (Å²) in [5.74, 6) is -4.88. The zero-order valence-corrected chi connectivity index (χ0v) is 14.1. The quantitative estimate of drug-likeness (QED) is 0.554. The lowest BCUT2D eigenvalue weighted by molar-refractivity contribution is 0.0475. The van der Waals surface area contributed by atoms with Gasteiger partial charge in [0.2, 0.25) is 15.6 Å². The highest BCUT2D eigenvalue weighted by atomic mass is 35.5. The maximum absolute atomic E-state index is 12.4. The molecule has 2 rings (SSSR count). The highest BCUT2D eigenvalue weighted by molar-refractivity contribution is 7.91. The van der Waals surface area contributed by atoms with Crippen LogP contribution in [0.4, 0.5) is 8.78 Å². The van der Waals surface area contributed by atoms with Crippen LogP contribution in [0.3, 0.4) is 0 Å². The molecule has 0 N–H and O–H groups in total. The van der Waals surface area contributed by atoms with Gasteiger partial charge in [-0.25, -0.2) is 13.2 Å². The molecular weight excluding hydrogens is 386 g/mol. The minimum atomic E-state index is -4.73. The number of hydrogen-bond acceptors (Lipinski definition) is 6. The first-order valence-electron chi connectivity index (χ1n) is 6.29. The molecule has 0 saturated carbocycles. The molecule has 1 aromatic carbocycles. The van der Waals surface area contributed by atoms with E-state index in [0.29, 0.717) is 9.21 Å². The molecule has 0 fully saturated rings. The monoisotopic (exact) mass is 394 g/mol. The topological polar surface area (TPSA) is 77.5 Å². The first kappa shape index (κ1) is 18.5. The van der Waals surface area contributed by atoms with E-state index in [1.807, 2.05) is 0 Å². The normalized spacial score (nSPS) is 11.5. The maximum Gasteiger partial charge on any atom is 0.341 e. The number of ketones is 1. The summed E-state index contributed by atoms with van der Waals surface area (Å²) in [6.45, 7) is -0.521. The number of thiophene rings is 1. The lowest BCUT2D eigenvalue weighted by atomic mass is 10.2. The standard InChI is InChI=1S/C14H9ClF2O5S2/c15-12-6-5-11(23-12)10(18)7-22-13(19)8-1-3-9(4-2-8)24(20,21)14(16)17/h1-6,14H,7H2. The van der Waals surface area contributed by atoms with E-state index in [-0.39, 0.29) is 5.56 Å². The molecule has 0 spiro atoms. The van der Waals surface area contributed by atoms with E-state index in [9.17, 15) is 26.8 Å². The molecule has 0 aliphatic rings. The summed E-state index contributed by atoms with van der Waals surface area (Å²) in [6.07, 6.45) is 0. The molecule has 0 bridgehead atoms. The number of carbonyl (C=O) groups is 2. The van der Waals surface area contributed by atoms with E-state index in [2.05, 4.69) is 0 Å². The van der Waals surface area contributed by atoms with Crippen molar-refractivity contribution in [3.63, 3.8) is 0 Å². The largest absolute Gasteiger partial charge is 0.454 e. The highest BCUT2D eigenvalue weighted by Crippen LogP contribution is 2.22. The van der Waals surface area contributed by atoms with Crippen LogP contribution in [-0.4, -0.2) is 32.5 Å². The third kappa shape index (κ3) is 4.16. The molecule has 24 heavy (non-hydrogen) atoms. The summed E-state index contributed by atoms with van der Waals surface area (Å²) in [5, 5.41) is 0. The van der Waals surface area contributed by atoms with Gasteiger partial charge in [-0.05, 0) is 36.4 Å². The Kier molecular flexibility index (Phi) is 5.68. The SMILES string of the molecule is O=C(OCC(=O)c1ccc(Cl)s1)c1ccc(S(=O)(=O)C(F)F)cc1. The molecule has 0 aliphatic carbocycles. The van der Waals surface area contributed by atoms with Gasteiger partial charge >= 0.3 is 11.7 Å². The van der Waals surface area contributed by atoms with Gasteiger partial charge < -0.3 is 4.74 Å². The van der Waals surface area contributed by atoms with Crippen LogP contribution in [0.5, 0.6) is 0 Å². The Bertz CT molecular complexity index is 860. The van der Waals surface area contributed by atoms with Crippen LogP contribution in [0.2, 0.25) is 4.34 Å². The van der Waals surface area contributed by atoms with Crippen molar-refractivity contribution in [1.29, 1.82) is 0 Å². The van der Waals surface area contributed by atoms with Gasteiger partial charge in [-0.3, -0.25) is 4.79 Å². The molecule has 0 amide bonds. The summed E-state index contributed by atoms with van der Waals surface area (Å²) >= 11 is 6.73. The number of halogens is 3. The number of carbonyl (C=O) groups excluding carboxylic acids is 2. The Hall–Kier alpha value is -1.84. The molecule has 0 radical (unpaired) electrons. The molecule has 5 nitrogen and oxygen atoms in total. The van der Waals surface area contributed by atoms with Crippen molar-refractivity contribution in [1.82, 2.24) is 0 Å². The number of Topliss-reactive ketones (excluding diaryl/α,β-unsaturated/α-hetero) is 1. The van der Waals surface area contributed by atoms with Crippen LogP contribution < -0.4 is 0 Å². The van der Waals surface area contributed by atoms with Crippen LogP contribution in [0.1, 0.15) is 20.0 Å². The number of benzene rings is 1. The molecule has 2 aromatic rings. The second kappa shape index (κ2) is 7.37. The smallest absolute Gasteiger partial charge is 0.341 e.